The minimum absolute atomic E-state index is 0.0207. The van der Waals surface area contributed by atoms with Crippen LogP contribution in [0.5, 0.6) is 5.88 Å². The Labute approximate surface area is 181 Å². The van der Waals surface area contributed by atoms with Crippen LogP contribution in [0.25, 0.3) is 11.3 Å². The summed E-state index contributed by atoms with van der Waals surface area (Å²) in [5.41, 5.74) is 4.78. The molecule has 1 aliphatic carbocycles. The third kappa shape index (κ3) is 4.78. The van der Waals surface area contributed by atoms with E-state index < -0.39 is 5.97 Å². The number of rotatable bonds is 7. The van der Waals surface area contributed by atoms with Crippen molar-refractivity contribution in [2.45, 2.75) is 64.4 Å². The maximum absolute atomic E-state index is 11.9. The third-order valence-electron chi connectivity index (χ3n) is 5.85. The van der Waals surface area contributed by atoms with Crippen LogP contribution >= 0.6 is 0 Å². The van der Waals surface area contributed by atoms with Crippen LogP contribution in [0, 0.1) is 0 Å². The molecule has 0 amide bonds. The van der Waals surface area contributed by atoms with Gasteiger partial charge < -0.3 is 9.47 Å². The molecule has 164 valence electrons. The van der Waals surface area contributed by atoms with Gasteiger partial charge >= 0.3 is 5.97 Å². The Bertz CT molecular complexity index is 1000. The molecule has 2 aromatic heterocycles. The van der Waals surface area contributed by atoms with Gasteiger partial charge in [-0.15, -0.1) is 0 Å². The van der Waals surface area contributed by atoms with Crippen LogP contribution in [0.3, 0.4) is 0 Å². The second-order valence-corrected chi connectivity index (χ2v) is 8.29. The number of benzene rings is 1. The molecule has 2 N–H and O–H groups in total. The second-order valence-electron chi connectivity index (χ2n) is 8.29. The average Bonchev–Trinajstić information content (AvgIpc) is 3.45. The third-order valence-corrected chi connectivity index (χ3v) is 5.85. The summed E-state index contributed by atoms with van der Waals surface area (Å²) < 4.78 is 11.0. The normalized spacial score (nSPS) is 18.8. The van der Waals surface area contributed by atoms with Gasteiger partial charge in [0.2, 0.25) is 5.69 Å². The highest BCUT2D eigenvalue weighted by Crippen LogP contribution is 2.35. The number of carbonyl (C=O) groups is 1. The summed E-state index contributed by atoms with van der Waals surface area (Å²) in [6.45, 7) is 6.36. The van der Waals surface area contributed by atoms with E-state index in [1.165, 1.54) is 5.56 Å². The Balaban J connectivity index is 1.34. The van der Waals surface area contributed by atoms with Crippen LogP contribution < -0.4 is 4.74 Å². The summed E-state index contributed by atoms with van der Waals surface area (Å²) in [7, 11) is 0. The number of H-pyrrole nitrogens is 2. The summed E-state index contributed by atoms with van der Waals surface area (Å²) in [4.78, 5) is 11.9. The number of aromatic amines is 2. The van der Waals surface area contributed by atoms with E-state index in [0.717, 1.165) is 42.6 Å². The first-order valence-corrected chi connectivity index (χ1v) is 11.0. The molecule has 2 heterocycles. The fourth-order valence-corrected chi connectivity index (χ4v) is 4.02. The molecule has 1 aliphatic rings. The molecule has 8 nitrogen and oxygen atoms in total. The number of carbonyl (C=O) groups excluding carboxylic acids is 1. The molecule has 0 aliphatic heterocycles. The SMILES string of the molecule is CCOC(=O)c1[nH]nnc1OC1CCC(c2ccc(-c3cc(C(C)C)[nH]n3)cc2)CC1. The fraction of sp³-hybridized carbons (Fsp3) is 0.478. The molecule has 0 radical (unpaired) electrons. The van der Waals surface area contributed by atoms with Gasteiger partial charge in [0.25, 0.3) is 5.88 Å². The van der Waals surface area contributed by atoms with Crippen molar-refractivity contribution in [2.24, 2.45) is 0 Å². The summed E-state index contributed by atoms with van der Waals surface area (Å²) in [6.07, 6.45) is 3.87. The number of ether oxygens (including phenoxy) is 2. The Kier molecular flexibility index (Phi) is 6.34. The fourth-order valence-electron chi connectivity index (χ4n) is 4.02. The van der Waals surface area contributed by atoms with E-state index in [1.54, 1.807) is 6.92 Å². The van der Waals surface area contributed by atoms with Crippen LogP contribution in [-0.4, -0.2) is 44.3 Å². The lowest BCUT2D eigenvalue weighted by Crippen LogP contribution is -2.24. The molecule has 31 heavy (non-hydrogen) atoms. The zero-order chi connectivity index (χ0) is 21.8. The van der Waals surface area contributed by atoms with Gasteiger partial charge in [-0.25, -0.2) is 9.89 Å². The van der Waals surface area contributed by atoms with Crippen LogP contribution in [0.15, 0.2) is 30.3 Å². The Morgan fingerprint density at radius 2 is 1.87 bits per heavy atom. The van der Waals surface area contributed by atoms with E-state index in [4.69, 9.17) is 9.47 Å². The average molecular weight is 424 g/mol. The minimum Gasteiger partial charge on any atom is -0.472 e. The predicted octanol–water partition coefficient (Wildman–Crippen LogP) is 4.60. The van der Waals surface area contributed by atoms with Crippen molar-refractivity contribution in [1.29, 1.82) is 0 Å². The van der Waals surface area contributed by atoms with Crippen LogP contribution in [0.4, 0.5) is 0 Å². The molecule has 0 bridgehead atoms. The first kappa shape index (κ1) is 21.1. The number of nitrogens with zero attached hydrogens (tertiary/aromatic N) is 3. The zero-order valence-corrected chi connectivity index (χ0v) is 18.2. The lowest BCUT2D eigenvalue weighted by Gasteiger charge is -2.28. The number of esters is 1. The van der Waals surface area contributed by atoms with Gasteiger partial charge in [-0.3, -0.25) is 5.10 Å². The summed E-state index contributed by atoms with van der Waals surface area (Å²) >= 11 is 0. The topological polar surface area (TPSA) is 106 Å². The second kappa shape index (κ2) is 9.32. The van der Waals surface area contributed by atoms with E-state index in [9.17, 15) is 4.79 Å². The van der Waals surface area contributed by atoms with Gasteiger partial charge in [0, 0.05) is 11.3 Å². The molecular formula is C23H29N5O3. The molecule has 0 unspecified atom stereocenters. The molecule has 4 rings (SSSR count). The smallest absolute Gasteiger partial charge is 0.362 e. The van der Waals surface area contributed by atoms with Gasteiger partial charge in [0.05, 0.1) is 12.3 Å². The van der Waals surface area contributed by atoms with Crippen LogP contribution in [-0.2, 0) is 4.74 Å². The van der Waals surface area contributed by atoms with Crippen LogP contribution in [0.1, 0.15) is 80.0 Å². The van der Waals surface area contributed by atoms with E-state index >= 15 is 0 Å². The maximum Gasteiger partial charge on any atom is 0.362 e. The first-order valence-electron chi connectivity index (χ1n) is 11.0. The van der Waals surface area contributed by atoms with Gasteiger partial charge in [-0.2, -0.15) is 5.10 Å². The molecule has 3 aromatic rings. The summed E-state index contributed by atoms with van der Waals surface area (Å²) in [5.74, 6) is 0.671. The van der Waals surface area contributed by atoms with Crippen molar-refractivity contribution in [1.82, 2.24) is 25.6 Å². The van der Waals surface area contributed by atoms with Gasteiger partial charge in [-0.05, 0) is 56.1 Å². The zero-order valence-electron chi connectivity index (χ0n) is 18.2. The summed E-state index contributed by atoms with van der Waals surface area (Å²) in [6, 6.07) is 10.8. The molecule has 8 heteroatoms. The monoisotopic (exact) mass is 423 g/mol. The van der Waals surface area contributed by atoms with Crippen molar-refractivity contribution < 1.29 is 14.3 Å². The highest BCUT2D eigenvalue weighted by Gasteiger charge is 2.27. The Hall–Kier alpha value is -3.16. The number of hydrogen-bond donors (Lipinski definition) is 2. The van der Waals surface area contributed by atoms with Crippen molar-refractivity contribution in [3.63, 3.8) is 0 Å². The number of hydrogen-bond acceptors (Lipinski definition) is 6. The van der Waals surface area contributed by atoms with Crippen LogP contribution in [0.2, 0.25) is 0 Å². The molecule has 0 spiro atoms. The van der Waals surface area contributed by atoms with E-state index in [1.807, 2.05) is 0 Å². The van der Waals surface area contributed by atoms with Gasteiger partial charge in [-0.1, -0.05) is 48.4 Å². The lowest BCUT2D eigenvalue weighted by molar-refractivity contribution is 0.0508. The standard InChI is InChI=1S/C23H29N5O3/c1-4-30-23(29)21-22(27-28-26-21)31-18-11-9-16(10-12-18)15-5-7-17(8-6-15)20-13-19(14(2)3)24-25-20/h5-8,13-14,16,18H,4,9-12H2,1-3H3,(H,24,25)(H,26,27,28). The van der Waals surface area contributed by atoms with Crippen molar-refractivity contribution >= 4 is 5.97 Å². The van der Waals surface area contributed by atoms with Gasteiger partial charge in [0.1, 0.15) is 6.10 Å². The molecule has 1 saturated carbocycles. The van der Waals surface area contributed by atoms with E-state index in [-0.39, 0.29) is 17.7 Å². The van der Waals surface area contributed by atoms with Gasteiger partial charge in [0.15, 0.2) is 0 Å². The van der Waals surface area contributed by atoms with Crippen molar-refractivity contribution in [2.75, 3.05) is 6.61 Å². The first-order chi connectivity index (χ1) is 15.0. The quantitative estimate of drug-likeness (QED) is 0.538. The Morgan fingerprint density at radius 1 is 1.13 bits per heavy atom. The summed E-state index contributed by atoms with van der Waals surface area (Å²) in [5, 5.41) is 17.7. The molecular weight excluding hydrogens is 394 g/mol. The predicted molar refractivity (Wildman–Crippen MR) is 116 cm³/mol. The van der Waals surface area contributed by atoms with Crippen molar-refractivity contribution in [3.8, 4) is 17.1 Å². The minimum atomic E-state index is -0.492. The molecule has 0 saturated heterocycles. The van der Waals surface area contributed by atoms with E-state index in [2.05, 4.69) is 69.8 Å². The highest BCUT2D eigenvalue weighted by atomic mass is 16.5. The lowest BCUT2D eigenvalue weighted by atomic mass is 9.82. The molecule has 0 atom stereocenters. The highest BCUT2D eigenvalue weighted by molar-refractivity contribution is 5.89. The number of nitrogens with one attached hydrogen (secondary N) is 2. The maximum atomic E-state index is 11.9. The van der Waals surface area contributed by atoms with Crippen molar-refractivity contribution in [3.05, 3.63) is 47.3 Å². The molecule has 1 fully saturated rings. The molecule has 1 aromatic carbocycles. The largest absolute Gasteiger partial charge is 0.472 e. The number of aromatic nitrogens is 5. The Morgan fingerprint density at radius 3 is 2.52 bits per heavy atom. The van der Waals surface area contributed by atoms with E-state index in [0.29, 0.717) is 18.4 Å².